The highest BCUT2D eigenvalue weighted by Crippen LogP contribution is 2.20. The molecule has 94 valence electrons. The molecule has 1 heterocycles. The highest BCUT2D eigenvalue weighted by molar-refractivity contribution is 7.13. The molecule has 18 heavy (non-hydrogen) atoms. The summed E-state index contributed by atoms with van der Waals surface area (Å²) in [5, 5.41) is 11.5. The first-order chi connectivity index (χ1) is 8.56. The van der Waals surface area contributed by atoms with Crippen LogP contribution in [0.5, 0.6) is 0 Å². The van der Waals surface area contributed by atoms with Gasteiger partial charge in [-0.15, -0.1) is 11.3 Å². The minimum atomic E-state index is -0.987. The SMILES string of the molecule is O=C(O)c1ccc(CNc2ccc(F)cc2F)s1. The van der Waals surface area contributed by atoms with Crippen LogP contribution in [-0.2, 0) is 6.54 Å². The molecule has 0 radical (unpaired) electrons. The molecule has 0 amide bonds. The maximum atomic E-state index is 13.3. The van der Waals surface area contributed by atoms with E-state index < -0.39 is 17.6 Å². The lowest BCUT2D eigenvalue weighted by molar-refractivity contribution is 0.0702. The third-order valence-electron chi connectivity index (χ3n) is 2.26. The molecule has 2 aromatic rings. The predicted molar refractivity (Wildman–Crippen MR) is 65.0 cm³/mol. The second kappa shape index (κ2) is 5.14. The van der Waals surface area contributed by atoms with Crippen molar-refractivity contribution >= 4 is 23.0 Å². The fraction of sp³-hybridized carbons (Fsp3) is 0.0833. The Morgan fingerprint density at radius 3 is 2.67 bits per heavy atom. The van der Waals surface area contributed by atoms with Crippen LogP contribution >= 0.6 is 11.3 Å². The summed E-state index contributed by atoms with van der Waals surface area (Å²) in [4.78, 5) is 11.7. The number of thiophene rings is 1. The van der Waals surface area contributed by atoms with Gasteiger partial charge < -0.3 is 10.4 Å². The van der Waals surface area contributed by atoms with Gasteiger partial charge in [-0.05, 0) is 24.3 Å². The first kappa shape index (κ1) is 12.5. The summed E-state index contributed by atoms with van der Waals surface area (Å²) in [6.07, 6.45) is 0. The van der Waals surface area contributed by atoms with E-state index in [-0.39, 0.29) is 10.6 Å². The molecule has 2 rings (SSSR count). The van der Waals surface area contributed by atoms with Crippen molar-refractivity contribution in [2.45, 2.75) is 6.54 Å². The standard InChI is InChI=1S/C12H9F2NO2S/c13-7-1-3-10(9(14)5-7)15-6-8-2-4-11(18-8)12(16)17/h1-5,15H,6H2,(H,16,17). The summed E-state index contributed by atoms with van der Waals surface area (Å²) in [6.45, 7) is 0.292. The van der Waals surface area contributed by atoms with Crippen LogP contribution in [0, 0.1) is 11.6 Å². The molecule has 0 unspecified atom stereocenters. The van der Waals surface area contributed by atoms with Crippen LogP contribution < -0.4 is 5.32 Å². The largest absolute Gasteiger partial charge is 0.477 e. The number of carbonyl (C=O) groups is 1. The molecule has 0 spiro atoms. The number of hydrogen-bond acceptors (Lipinski definition) is 3. The van der Waals surface area contributed by atoms with E-state index in [4.69, 9.17) is 5.11 Å². The van der Waals surface area contributed by atoms with Crippen LogP contribution in [0.15, 0.2) is 30.3 Å². The monoisotopic (exact) mass is 269 g/mol. The molecule has 1 aromatic carbocycles. The number of anilines is 1. The smallest absolute Gasteiger partial charge is 0.345 e. The number of carboxylic acid groups (broad SMARTS) is 1. The van der Waals surface area contributed by atoms with Gasteiger partial charge >= 0.3 is 5.97 Å². The van der Waals surface area contributed by atoms with Gasteiger partial charge in [0, 0.05) is 17.5 Å². The van der Waals surface area contributed by atoms with E-state index in [2.05, 4.69) is 5.32 Å². The lowest BCUT2D eigenvalue weighted by Gasteiger charge is -2.05. The Labute approximate surface area is 106 Å². The van der Waals surface area contributed by atoms with Gasteiger partial charge in [-0.25, -0.2) is 13.6 Å². The average molecular weight is 269 g/mol. The fourth-order valence-electron chi connectivity index (χ4n) is 1.40. The van der Waals surface area contributed by atoms with E-state index in [0.717, 1.165) is 28.3 Å². The van der Waals surface area contributed by atoms with Gasteiger partial charge in [-0.3, -0.25) is 0 Å². The molecule has 0 aliphatic carbocycles. The number of halogens is 2. The summed E-state index contributed by atoms with van der Waals surface area (Å²) in [6, 6.07) is 6.39. The van der Waals surface area contributed by atoms with E-state index in [1.807, 2.05) is 0 Å². The summed E-state index contributed by atoms with van der Waals surface area (Å²) in [7, 11) is 0. The number of benzene rings is 1. The Morgan fingerprint density at radius 2 is 2.06 bits per heavy atom. The quantitative estimate of drug-likeness (QED) is 0.895. The van der Waals surface area contributed by atoms with Gasteiger partial charge in [0.05, 0.1) is 5.69 Å². The van der Waals surface area contributed by atoms with E-state index in [9.17, 15) is 13.6 Å². The molecular weight excluding hydrogens is 260 g/mol. The lowest BCUT2D eigenvalue weighted by Crippen LogP contribution is -2.00. The van der Waals surface area contributed by atoms with E-state index >= 15 is 0 Å². The molecule has 0 aliphatic rings. The molecule has 0 atom stereocenters. The van der Waals surface area contributed by atoms with Gasteiger partial charge in [0.2, 0.25) is 0 Å². The Kier molecular flexibility index (Phi) is 3.57. The Hall–Kier alpha value is -1.95. The van der Waals surface area contributed by atoms with Gasteiger partial charge in [0.15, 0.2) is 0 Å². The maximum absolute atomic E-state index is 13.3. The Bertz CT molecular complexity index is 583. The molecule has 0 bridgehead atoms. The maximum Gasteiger partial charge on any atom is 0.345 e. The highest BCUT2D eigenvalue weighted by atomic mass is 32.1. The average Bonchev–Trinajstić information content (AvgIpc) is 2.76. The number of rotatable bonds is 4. The highest BCUT2D eigenvalue weighted by Gasteiger charge is 2.08. The Morgan fingerprint density at radius 1 is 1.28 bits per heavy atom. The number of hydrogen-bond donors (Lipinski definition) is 2. The molecule has 0 aliphatic heterocycles. The van der Waals surface area contributed by atoms with Gasteiger partial charge in [-0.1, -0.05) is 0 Å². The molecular formula is C12H9F2NO2S. The van der Waals surface area contributed by atoms with Crippen molar-refractivity contribution in [3.05, 3.63) is 51.7 Å². The van der Waals surface area contributed by atoms with Crippen molar-refractivity contribution in [2.24, 2.45) is 0 Å². The van der Waals surface area contributed by atoms with Crippen LogP contribution in [0.4, 0.5) is 14.5 Å². The number of nitrogens with one attached hydrogen (secondary N) is 1. The molecule has 0 fully saturated rings. The van der Waals surface area contributed by atoms with Gasteiger partial charge in [0.1, 0.15) is 16.5 Å². The van der Waals surface area contributed by atoms with Crippen LogP contribution in [0.3, 0.4) is 0 Å². The number of aromatic carboxylic acids is 1. The van der Waals surface area contributed by atoms with Crippen LogP contribution in [-0.4, -0.2) is 11.1 Å². The van der Waals surface area contributed by atoms with E-state index in [1.54, 1.807) is 6.07 Å². The summed E-state index contributed by atoms with van der Waals surface area (Å²) >= 11 is 1.11. The number of carboxylic acids is 1. The van der Waals surface area contributed by atoms with E-state index in [0.29, 0.717) is 6.54 Å². The second-order valence-corrected chi connectivity index (χ2v) is 4.72. The third-order valence-corrected chi connectivity index (χ3v) is 3.33. The van der Waals surface area contributed by atoms with Crippen LogP contribution in [0.1, 0.15) is 14.5 Å². The first-order valence-corrected chi connectivity index (χ1v) is 5.89. The zero-order chi connectivity index (χ0) is 13.1. The van der Waals surface area contributed by atoms with Crippen molar-refractivity contribution in [3.63, 3.8) is 0 Å². The van der Waals surface area contributed by atoms with Crippen molar-refractivity contribution in [2.75, 3.05) is 5.32 Å². The second-order valence-electron chi connectivity index (χ2n) is 3.55. The molecule has 1 aromatic heterocycles. The Balaban J connectivity index is 2.04. The van der Waals surface area contributed by atoms with Gasteiger partial charge in [0.25, 0.3) is 0 Å². The fourth-order valence-corrected chi connectivity index (χ4v) is 2.19. The van der Waals surface area contributed by atoms with Crippen LogP contribution in [0.25, 0.3) is 0 Å². The minimum absolute atomic E-state index is 0.182. The van der Waals surface area contributed by atoms with Crippen LogP contribution in [0.2, 0.25) is 0 Å². The predicted octanol–water partition coefficient (Wildman–Crippen LogP) is 3.34. The minimum Gasteiger partial charge on any atom is -0.477 e. The summed E-state index contributed by atoms with van der Waals surface area (Å²) < 4.78 is 26.0. The van der Waals surface area contributed by atoms with Crippen molar-refractivity contribution in [1.29, 1.82) is 0 Å². The summed E-state index contributed by atoms with van der Waals surface area (Å²) in [5.74, 6) is -2.30. The first-order valence-electron chi connectivity index (χ1n) is 5.07. The lowest BCUT2D eigenvalue weighted by atomic mass is 10.3. The third kappa shape index (κ3) is 2.84. The summed E-state index contributed by atoms with van der Waals surface area (Å²) in [5.41, 5.74) is 0.182. The normalized spacial score (nSPS) is 10.3. The molecule has 2 N–H and O–H groups in total. The van der Waals surface area contributed by atoms with Crippen molar-refractivity contribution < 1.29 is 18.7 Å². The van der Waals surface area contributed by atoms with E-state index in [1.165, 1.54) is 12.1 Å². The van der Waals surface area contributed by atoms with Crippen molar-refractivity contribution in [3.8, 4) is 0 Å². The zero-order valence-corrected chi connectivity index (χ0v) is 9.93. The molecule has 3 nitrogen and oxygen atoms in total. The van der Waals surface area contributed by atoms with Gasteiger partial charge in [-0.2, -0.15) is 0 Å². The zero-order valence-electron chi connectivity index (χ0n) is 9.11. The molecule has 6 heteroatoms. The molecule has 0 saturated carbocycles. The molecule has 0 saturated heterocycles. The van der Waals surface area contributed by atoms with Crippen molar-refractivity contribution in [1.82, 2.24) is 0 Å². The topological polar surface area (TPSA) is 49.3 Å².